The second-order valence-electron chi connectivity index (χ2n) is 7.81. The zero-order valence-electron chi connectivity index (χ0n) is 18.1. The van der Waals surface area contributed by atoms with Gasteiger partial charge in [-0.1, -0.05) is 35.2 Å². The van der Waals surface area contributed by atoms with Crippen LogP contribution in [0, 0.1) is 11.3 Å². The monoisotopic (exact) mass is 572 g/mol. The summed E-state index contributed by atoms with van der Waals surface area (Å²) in [5, 5.41) is 13.9. The highest BCUT2D eigenvalue weighted by molar-refractivity contribution is 9.10. The molecule has 1 heterocycles. The molecule has 170 valence electrons. The van der Waals surface area contributed by atoms with Crippen LogP contribution in [0.4, 0.5) is 0 Å². The first-order valence-electron chi connectivity index (χ1n) is 10.7. The lowest BCUT2D eigenvalue weighted by Gasteiger charge is -2.22. The van der Waals surface area contributed by atoms with Crippen molar-refractivity contribution in [1.82, 2.24) is 9.66 Å². The van der Waals surface area contributed by atoms with Crippen molar-refractivity contribution in [2.24, 2.45) is 5.10 Å². The molecule has 0 bridgehead atoms. The van der Waals surface area contributed by atoms with E-state index in [1.165, 1.54) is 18.2 Å². The molecule has 3 aromatic rings. The minimum Gasteiger partial charge on any atom is -0.493 e. The van der Waals surface area contributed by atoms with Gasteiger partial charge in [0.05, 0.1) is 28.7 Å². The topological polar surface area (TPSA) is 89.5 Å². The van der Waals surface area contributed by atoms with Gasteiger partial charge in [-0.25, -0.2) is 4.98 Å². The summed E-state index contributed by atoms with van der Waals surface area (Å²) in [6.45, 7) is -0.0964. The Balaban J connectivity index is 1.80. The third-order valence-electron chi connectivity index (χ3n) is 5.66. The Morgan fingerprint density at radius 3 is 2.76 bits per heavy atom. The number of hydrogen-bond donors (Lipinski definition) is 0. The van der Waals surface area contributed by atoms with Gasteiger partial charge < -0.3 is 9.47 Å². The molecule has 0 atom stereocenters. The molecule has 0 radical (unpaired) electrons. The summed E-state index contributed by atoms with van der Waals surface area (Å²) >= 11 is 6.91. The average Bonchev–Trinajstić information content (AvgIpc) is 2.83. The van der Waals surface area contributed by atoms with Crippen LogP contribution in [0.2, 0.25) is 0 Å². The second kappa shape index (κ2) is 10.5. The molecular formula is C24H22Br2N4O3. The molecule has 1 saturated carbocycles. The molecule has 1 aliphatic carbocycles. The Kier molecular flexibility index (Phi) is 7.46. The first kappa shape index (κ1) is 23.5. The van der Waals surface area contributed by atoms with E-state index in [1.807, 2.05) is 18.2 Å². The Morgan fingerprint density at radius 1 is 1.24 bits per heavy atom. The van der Waals surface area contributed by atoms with E-state index in [2.05, 4.69) is 37.0 Å². The molecule has 2 aromatic carbocycles. The number of nitriles is 1. The normalized spacial score (nSPS) is 14.5. The van der Waals surface area contributed by atoms with Gasteiger partial charge in [0, 0.05) is 10.4 Å². The smallest absolute Gasteiger partial charge is 0.282 e. The number of halogens is 2. The first-order valence-corrected chi connectivity index (χ1v) is 12.2. The average molecular weight is 574 g/mol. The fourth-order valence-electron chi connectivity index (χ4n) is 4.09. The highest BCUT2D eigenvalue weighted by Gasteiger charge is 2.22. The van der Waals surface area contributed by atoms with Crippen LogP contribution < -0.4 is 15.0 Å². The third kappa shape index (κ3) is 5.12. The summed E-state index contributed by atoms with van der Waals surface area (Å²) in [6.07, 6.45) is 7.05. The number of ether oxygens (including phenoxy) is 2. The lowest BCUT2D eigenvalue weighted by Crippen LogP contribution is -2.25. The lowest BCUT2D eigenvalue weighted by atomic mass is 9.88. The number of rotatable bonds is 6. The molecule has 1 fully saturated rings. The van der Waals surface area contributed by atoms with Gasteiger partial charge in [-0.2, -0.15) is 15.0 Å². The van der Waals surface area contributed by atoms with Crippen molar-refractivity contribution in [1.29, 1.82) is 5.26 Å². The Morgan fingerprint density at radius 2 is 2.03 bits per heavy atom. The molecule has 33 heavy (non-hydrogen) atoms. The molecule has 0 aliphatic heterocycles. The van der Waals surface area contributed by atoms with Crippen molar-refractivity contribution >= 4 is 49.0 Å². The van der Waals surface area contributed by atoms with E-state index in [9.17, 15) is 4.79 Å². The maximum absolute atomic E-state index is 13.4. The van der Waals surface area contributed by atoms with Gasteiger partial charge in [0.15, 0.2) is 18.1 Å². The Bertz CT molecular complexity index is 1310. The van der Waals surface area contributed by atoms with Gasteiger partial charge in [0.2, 0.25) is 0 Å². The molecule has 4 rings (SSSR count). The van der Waals surface area contributed by atoms with Crippen LogP contribution in [-0.2, 0) is 0 Å². The zero-order valence-corrected chi connectivity index (χ0v) is 21.2. The van der Waals surface area contributed by atoms with E-state index in [0.717, 1.165) is 30.2 Å². The van der Waals surface area contributed by atoms with Gasteiger partial charge in [-0.15, -0.1) is 0 Å². The lowest BCUT2D eigenvalue weighted by molar-refractivity contribution is 0.327. The molecule has 9 heteroatoms. The van der Waals surface area contributed by atoms with E-state index in [4.69, 9.17) is 19.7 Å². The van der Waals surface area contributed by atoms with E-state index in [1.54, 1.807) is 24.4 Å². The summed E-state index contributed by atoms with van der Waals surface area (Å²) in [5.41, 5.74) is 1.19. The summed E-state index contributed by atoms with van der Waals surface area (Å²) in [7, 11) is 1.53. The third-order valence-corrected chi connectivity index (χ3v) is 6.74. The Labute approximate surface area is 208 Å². The minimum atomic E-state index is -0.196. The molecule has 0 amide bonds. The fraction of sp³-hybridized carbons (Fsp3) is 0.333. The van der Waals surface area contributed by atoms with Crippen molar-refractivity contribution in [2.75, 3.05) is 13.7 Å². The number of fused-ring (bicyclic) bond motifs is 1. The van der Waals surface area contributed by atoms with Gasteiger partial charge in [-0.3, -0.25) is 4.79 Å². The van der Waals surface area contributed by atoms with Crippen molar-refractivity contribution in [3.8, 4) is 17.6 Å². The number of aromatic nitrogens is 2. The van der Waals surface area contributed by atoms with Crippen LogP contribution in [0.15, 0.2) is 49.2 Å². The van der Waals surface area contributed by atoms with Gasteiger partial charge in [0.1, 0.15) is 11.9 Å². The number of hydrogen-bond acceptors (Lipinski definition) is 6. The summed E-state index contributed by atoms with van der Waals surface area (Å²) in [6, 6.07) is 11.0. The van der Waals surface area contributed by atoms with Crippen LogP contribution in [0.1, 0.15) is 49.4 Å². The van der Waals surface area contributed by atoms with Crippen molar-refractivity contribution < 1.29 is 9.47 Å². The molecule has 1 aromatic heterocycles. The van der Waals surface area contributed by atoms with Crippen LogP contribution >= 0.6 is 31.9 Å². The second-order valence-corrected chi connectivity index (χ2v) is 9.58. The summed E-state index contributed by atoms with van der Waals surface area (Å²) in [4.78, 5) is 18.3. The SMILES string of the molecule is COc1cc(C=Nn2c(C3CCCCC3)nc3ccc(Br)cc3c2=O)cc(Br)c1OCC#N. The van der Waals surface area contributed by atoms with E-state index in [0.29, 0.717) is 38.3 Å². The summed E-state index contributed by atoms with van der Waals surface area (Å²) < 4.78 is 13.7. The Hall–Kier alpha value is -2.70. The fourth-order valence-corrected chi connectivity index (χ4v) is 5.02. The van der Waals surface area contributed by atoms with Crippen LogP contribution in [0.5, 0.6) is 11.5 Å². The maximum atomic E-state index is 13.4. The minimum absolute atomic E-state index is 0.0964. The standard InChI is InChI=1S/C24H22Br2N4O3/c1-32-21-12-15(11-19(26)22(21)33-10-9-27)14-28-30-23(16-5-3-2-4-6-16)29-20-8-7-17(25)13-18(20)24(30)31/h7-8,11-14,16H,2-6,10H2,1H3. The van der Waals surface area contributed by atoms with E-state index >= 15 is 0 Å². The molecule has 7 nitrogen and oxygen atoms in total. The van der Waals surface area contributed by atoms with Crippen molar-refractivity contribution in [2.45, 2.75) is 38.0 Å². The van der Waals surface area contributed by atoms with Crippen LogP contribution in [-0.4, -0.2) is 29.6 Å². The predicted octanol–water partition coefficient (Wildman–Crippen LogP) is 5.76. The molecule has 0 spiro atoms. The number of methoxy groups -OCH3 is 1. The molecular weight excluding hydrogens is 552 g/mol. The highest BCUT2D eigenvalue weighted by atomic mass is 79.9. The largest absolute Gasteiger partial charge is 0.493 e. The van der Waals surface area contributed by atoms with Crippen molar-refractivity contribution in [3.05, 3.63) is 61.0 Å². The molecule has 0 saturated heterocycles. The number of nitrogens with zero attached hydrogens (tertiary/aromatic N) is 4. The molecule has 0 unspecified atom stereocenters. The van der Waals surface area contributed by atoms with E-state index in [-0.39, 0.29) is 18.1 Å². The maximum Gasteiger partial charge on any atom is 0.282 e. The number of benzene rings is 2. The van der Waals surface area contributed by atoms with Gasteiger partial charge in [0.25, 0.3) is 5.56 Å². The quantitative estimate of drug-likeness (QED) is 0.350. The van der Waals surface area contributed by atoms with Gasteiger partial charge >= 0.3 is 0 Å². The summed E-state index contributed by atoms with van der Waals surface area (Å²) in [5.74, 6) is 1.79. The zero-order chi connectivity index (χ0) is 23.4. The van der Waals surface area contributed by atoms with Crippen LogP contribution in [0.3, 0.4) is 0 Å². The van der Waals surface area contributed by atoms with E-state index < -0.39 is 0 Å². The highest BCUT2D eigenvalue weighted by Crippen LogP contribution is 2.36. The predicted molar refractivity (Wildman–Crippen MR) is 134 cm³/mol. The molecule has 0 N–H and O–H groups in total. The first-order chi connectivity index (χ1) is 16.0. The molecule has 1 aliphatic rings. The van der Waals surface area contributed by atoms with Crippen molar-refractivity contribution in [3.63, 3.8) is 0 Å². The van der Waals surface area contributed by atoms with Gasteiger partial charge in [-0.05, 0) is 64.7 Å². The van der Waals surface area contributed by atoms with Crippen LogP contribution in [0.25, 0.3) is 10.9 Å².